The minimum Gasteiger partial charge on any atom is -0.310 e. The quantitative estimate of drug-likeness (QED) is 0.430. The zero-order valence-corrected chi connectivity index (χ0v) is 16.4. The number of rotatable bonds is 4. The van der Waals surface area contributed by atoms with Crippen LogP contribution in [0.15, 0.2) is 53.5 Å². The number of amides is 1. The van der Waals surface area contributed by atoms with Gasteiger partial charge in [0, 0.05) is 31.3 Å². The lowest BCUT2D eigenvalue weighted by Crippen LogP contribution is -2.15. The monoisotopic (exact) mass is 401 g/mol. The number of nitrogens with one attached hydrogen (secondary N) is 3. The van der Waals surface area contributed by atoms with Gasteiger partial charge in [-0.3, -0.25) is 29.5 Å². The summed E-state index contributed by atoms with van der Waals surface area (Å²) in [7, 11) is 1.93. The van der Waals surface area contributed by atoms with Gasteiger partial charge in [-0.05, 0) is 24.3 Å². The summed E-state index contributed by atoms with van der Waals surface area (Å²) in [5.74, 6) is 0.215. The Morgan fingerprint density at radius 3 is 2.70 bits per heavy atom. The molecule has 30 heavy (non-hydrogen) atoms. The van der Waals surface area contributed by atoms with Crippen LogP contribution >= 0.6 is 0 Å². The number of hydrogen-bond acceptors (Lipinski definition) is 4. The first-order valence-electron chi connectivity index (χ1n) is 9.57. The third-order valence-electron chi connectivity index (χ3n) is 5.06. The second-order valence-electron chi connectivity index (χ2n) is 7.02. The summed E-state index contributed by atoms with van der Waals surface area (Å²) in [4.78, 5) is 34.1. The van der Waals surface area contributed by atoms with Crippen molar-refractivity contribution in [3.05, 3.63) is 59.0 Å². The molecule has 0 aliphatic heterocycles. The molecule has 1 aromatic carbocycles. The normalized spacial score (nSPS) is 11.4. The Kier molecular flexibility index (Phi) is 4.02. The molecule has 3 N–H and O–H groups in total. The van der Waals surface area contributed by atoms with Crippen LogP contribution in [0.3, 0.4) is 0 Å². The molecule has 0 atom stereocenters. The highest BCUT2D eigenvalue weighted by Gasteiger charge is 2.20. The third kappa shape index (κ3) is 2.79. The smallest absolute Gasteiger partial charge is 0.273 e. The summed E-state index contributed by atoms with van der Waals surface area (Å²) < 4.78 is 3.24. The minimum absolute atomic E-state index is 0.176. The van der Waals surface area contributed by atoms with Crippen LogP contribution in [0, 0.1) is 0 Å². The average Bonchev–Trinajstić information content (AvgIpc) is 3.11. The number of aryl methyl sites for hydroxylation is 1. The van der Waals surface area contributed by atoms with Crippen LogP contribution in [0.2, 0.25) is 0 Å². The number of anilines is 1. The van der Waals surface area contributed by atoms with E-state index in [1.54, 1.807) is 19.2 Å². The maximum Gasteiger partial charge on any atom is 0.273 e. The van der Waals surface area contributed by atoms with E-state index in [4.69, 9.17) is 4.98 Å². The number of fused-ring (bicyclic) bond motifs is 2. The summed E-state index contributed by atoms with van der Waals surface area (Å²) in [6.45, 7) is 1.76. The summed E-state index contributed by atoms with van der Waals surface area (Å²) in [5.41, 5.74) is 4.71. The molecule has 0 saturated carbocycles. The van der Waals surface area contributed by atoms with Gasteiger partial charge in [0.2, 0.25) is 5.91 Å². The molecule has 5 rings (SSSR count). The van der Waals surface area contributed by atoms with Gasteiger partial charge in [0.15, 0.2) is 5.65 Å². The zero-order chi connectivity index (χ0) is 20.8. The van der Waals surface area contributed by atoms with Crippen LogP contribution < -0.4 is 10.9 Å². The van der Waals surface area contributed by atoms with Gasteiger partial charge in [0.1, 0.15) is 5.82 Å². The van der Waals surface area contributed by atoms with E-state index >= 15 is 0 Å². The van der Waals surface area contributed by atoms with E-state index in [-0.39, 0.29) is 11.5 Å². The first-order chi connectivity index (χ1) is 14.5. The van der Waals surface area contributed by atoms with Crippen molar-refractivity contribution in [2.45, 2.75) is 13.3 Å². The van der Waals surface area contributed by atoms with E-state index in [2.05, 4.69) is 20.5 Å². The predicted molar refractivity (Wildman–Crippen MR) is 114 cm³/mol. The molecular formula is C21H19N7O2. The zero-order valence-electron chi connectivity index (χ0n) is 16.4. The molecular weight excluding hydrogens is 382 g/mol. The molecule has 4 aromatic heterocycles. The van der Waals surface area contributed by atoms with Crippen LogP contribution in [-0.4, -0.2) is 35.3 Å². The number of hydrogen-bond donors (Lipinski definition) is 3. The SMILES string of the molecule is CCC(=O)Nc1[nH]n2c(=O)cc(-c3ccc4c(c3)[nH]n4C)nc2c1-c1ccccn1. The maximum absolute atomic E-state index is 12.9. The number of H-pyrrole nitrogens is 2. The molecule has 150 valence electrons. The van der Waals surface area contributed by atoms with E-state index < -0.39 is 0 Å². The topological polar surface area (TPSA) is 113 Å². The van der Waals surface area contributed by atoms with Crippen LogP contribution in [-0.2, 0) is 11.8 Å². The Labute approximate surface area is 170 Å². The lowest BCUT2D eigenvalue weighted by atomic mass is 10.1. The van der Waals surface area contributed by atoms with Gasteiger partial charge < -0.3 is 5.32 Å². The second kappa shape index (κ2) is 6.73. The van der Waals surface area contributed by atoms with Crippen molar-refractivity contribution < 1.29 is 4.79 Å². The molecule has 0 spiro atoms. The summed E-state index contributed by atoms with van der Waals surface area (Å²) in [6, 6.07) is 12.8. The number of nitrogens with zero attached hydrogens (tertiary/aromatic N) is 4. The highest BCUT2D eigenvalue weighted by molar-refractivity contribution is 5.97. The summed E-state index contributed by atoms with van der Waals surface area (Å²) in [6.07, 6.45) is 1.96. The maximum atomic E-state index is 12.9. The van der Waals surface area contributed by atoms with Gasteiger partial charge >= 0.3 is 0 Å². The van der Waals surface area contributed by atoms with Gasteiger partial charge in [0.25, 0.3) is 5.56 Å². The Morgan fingerprint density at radius 1 is 1.13 bits per heavy atom. The Morgan fingerprint density at radius 2 is 2.00 bits per heavy atom. The van der Waals surface area contributed by atoms with Crippen LogP contribution in [0.5, 0.6) is 0 Å². The fourth-order valence-electron chi connectivity index (χ4n) is 3.52. The largest absolute Gasteiger partial charge is 0.310 e. The van der Waals surface area contributed by atoms with Gasteiger partial charge in [-0.2, -0.15) is 4.52 Å². The predicted octanol–water partition coefficient (Wildman–Crippen LogP) is 2.92. The molecule has 5 aromatic rings. The lowest BCUT2D eigenvalue weighted by molar-refractivity contribution is -0.115. The highest BCUT2D eigenvalue weighted by Crippen LogP contribution is 2.31. The van der Waals surface area contributed by atoms with Crippen molar-refractivity contribution in [2.24, 2.45) is 7.05 Å². The molecule has 9 heteroatoms. The van der Waals surface area contributed by atoms with E-state index in [0.717, 1.165) is 16.6 Å². The van der Waals surface area contributed by atoms with Crippen molar-refractivity contribution >= 4 is 28.4 Å². The first kappa shape index (κ1) is 17.9. The average molecular weight is 401 g/mol. The van der Waals surface area contributed by atoms with E-state index in [1.165, 1.54) is 10.6 Å². The Bertz CT molecular complexity index is 1450. The van der Waals surface area contributed by atoms with Gasteiger partial charge in [-0.1, -0.05) is 19.1 Å². The number of aromatic nitrogens is 6. The fourth-order valence-corrected chi connectivity index (χ4v) is 3.52. The molecule has 0 radical (unpaired) electrons. The Hall–Kier alpha value is -4.14. The number of benzene rings is 1. The van der Waals surface area contributed by atoms with E-state index in [9.17, 15) is 9.59 Å². The number of pyridine rings is 1. The highest BCUT2D eigenvalue weighted by atomic mass is 16.2. The molecule has 4 heterocycles. The van der Waals surface area contributed by atoms with Crippen LogP contribution in [0.1, 0.15) is 13.3 Å². The molecule has 0 saturated heterocycles. The Balaban J connectivity index is 1.74. The van der Waals surface area contributed by atoms with Crippen LogP contribution in [0.4, 0.5) is 5.82 Å². The summed E-state index contributed by atoms with van der Waals surface area (Å²) in [5, 5.41) is 8.95. The fraction of sp³-hybridized carbons (Fsp3) is 0.143. The molecule has 0 aliphatic carbocycles. The van der Waals surface area contributed by atoms with Crippen molar-refractivity contribution in [1.82, 2.24) is 29.4 Å². The molecule has 0 unspecified atom stereocenters. The van der Waals surface area contributed by atoms with Gasteiger partial charge in [-0.25, -0.2) is 4.98 Å². The number of carbonyl (C=O) groups is 1. The minimum atomic E-state index is -0.281. The third-order valence-corrected chi connectivity index (χ3v) is 5.06. The molecule has 9 nitrogen and oxygen atoms in total. The van der Waals surface area contributed by atoms with Crippen molar-refractivity contribution in [3.63, 3.8) is 0 Å². The lowest BCUT2D eigenvalue weighted by Gasteiger charge is -2.13. The van der Waals surface area contributed by atoms with Gasteiger partial charge in [0.05, 0.1) is 28.0 Å². The van der Waals surface area contributed by atoms with E-state index in [0.29, 0.717) is 34.8 Å². The first-order valence-corrected chi connectivity index (χ1v) is 9.57. The molecule has 0 aliphatic rings. The van der Waals surface area contributed by atoms with E-state index in [1.807, 2.05) is 42.1 Å². The number of aromatic amines is 2. The standard InChI is InChI=1S/C21H19N7O2/c1-3-17(29)24-20-19(13-6-4-5-9-22-13)21-23-14(11-18(30)28(21)26-20)12-7-8-16-15(10-12)25-27(16)2/h4-11,25-26H,3H2,1-2H3,(H,24,29). The molecule has 1 amide bonds. The molecule has 0 bridgehead atoms. The number of carbonyl (C=O) groups excluding carboxylic acids is 1. The summed E-state index contributed by atoms with van der Waals surface area (Å²) >= 11 is 0. The molecule has 0 fully saturated rings. The van der Waals surface area contributed by atoms with Crippen LogP contribution in [0.25, 0.3) is 39.2 Å². The van der Waals surface area contributed by atoms with Crippen molar-refractivity contribution in [1.29, 1.82) is 0 Å². The van der Waals surface area contributed by atoms with Crippen molar-refractivity contribution in [3.8, 4) is 22.5 Å². The van der Waals surface area contributed by atoms with Crippen molar-refractivity contribution in [2.75, 3.05) is 5.32 Å². The second-order valence-corrected chi connectivity index (χ2v) is 7.02. The van der Waals surface area contributed by atoms with Gasteiger partial charge in [-0.15, -0.1) is 0 Å².